The highest BCUT2D eigenvalue weighted by atomic mass is 32.1. The first kappa shape index (κ1) is 23.0. The van der Waals surface area contributed by atoms with Crippen LogP contribution in [-0.2, 0) is 12.7 Å². The first-order valence-corrected chi connectivity index (χ1v) is 12.5. The molecule has 1 aromatic heterocycles. The Hall–Kier alpha value is -3.40. The van der Waals surface area contributed by atoms with E-state index in [1.807, 2.05) is 42.3 Å². The number of aromatic nitrogens is 2. The minimum absolute atomic E-state index is 0.218. The maximum Gasteiger partial charge on any atom is 0.416 e. The normalized spacial score (nSPS) is 21.1. The Labute approximate surface area is 212 Å². The van der Waals surface area contributed by atoms with Gasteiger partial charge >= 0.3 is 6.18 Å². The van der Waals surface area contributed by atoms with Crippen molar-refractivity contribution in [1.82, 2.24) is 14.7 Å². The molecule has 2 unspecified atom stereocenters. The first-order valence-electron chi connectivity index (χ1n) is 12.1. The highest BCUT2D eigenvalue weighted by molar-refractivity contribution is 7.80. The number of halogens is 3. The number of aliphatic imine (C=N–C) groups is 1. The number of alkyl halides is 3. The van der Waals surface area contributed by atoms with E-state index in [9.17, 15) is 13.2 Å². The van der Waals surface area contributed by atoms with Crippen molar-refractivity contribution in [2.75, 3.05) is 17.3 Å². The van der Waals surface area contributed by atoms with E-state index >= 15 is 0 Å². The lowest BCUT2D eigenvalue weighted by molar-refractivity contribution is -0.137. The van der Waals surface area contributed by atoms with E-state index < -0.39 is 11.7 Å². The Morgan fingerprint density at radius 3 is 2.47 bits per heavy atom. The highest BCUT2D eigenvalue weighted by Crippen LogP contribution is 2.42. The molecule has 6 rings (SSSR count). The fraction of sp³-hybridized carbons (Fsp3) is 0.346. The second kappa shape index (κ2) is 8.62. The van der Waals surface area contributed by atoms with Crippen LogP contribution in [0.5, 0.6) is 0 Å². The molecule has 0 spiro atoms. The Morgan fingerprint density at radius 2 is 1.75 bits per heavy atom. The van der Waals surface area contributed by atoms with Gasteiger partial charge in [0.1, 0.15) is 10.8 Å². The minimum atomic E-state index is -4.37. The number of nitrogens with one attached hydrogen (secondary N) is 1. The summed E-state index contributed by atoms with van der Waals surface area (Å²) < 4.78 is 41.1. The number of thiocarbonyl (C=S) groups is 1. The second-order valence-electron chi connectivity index (χ2n) is 9.47. The van der Waals surface area contributed by atoms with Gasteiger partial charge in [0.05, 0.1) is 29.8 Å². The summed E-state index contributed by atoms with van der Waals surface area (Å²) in [5.74, 6) is 2.30. The number of nitrogens with zero attached hydrogens (tertiary/aromatic N) is 5. The lowest BCUT2D eigenvalue weighted by atomic mass is 9.90. The van der Waals surface area contributed by atoms with E-state index in [-0.39, 0.29) is 12.1 Å². The van der Waals surface area contributed by atoms with Gasteiger partial charge in [0, 0.05) is 12.7 Å². The molecule has 10 heteroatoms. The molecule has 1 fully saturated rings. The zero-order valence-electron chi connectivity index (χ0n) is 19.7. The van der Waals surface area contributed by atoms with Gasteiger partial charge < -0.3 is 10.2 Å². The van der Waals surface area contributed by atoms with Crippen molar-refractivity contribution in [3.05, 3.63) is 71.3 Å². The van der Waals surface area contributed by atoms with E-state index in [1.165, 1.54) is 12.1 Å². The lowest BCUT2D eigenvalue weighted by Crippen LogP contribution is -2.52. The summed E-state index contributed by atoms with van der Waals surface area (Å²) in [5, 5.41) is 8.47. The van der Waals surface area contributed by atoms with Crippen LogP contribution in [0.25, 0.3) is 0 Å². The fourth-order valence-corrected chi connectivity index (χ4v) is 5.62. The smallest absolute Gasteiger partial charge is 0.340 e. The van der Waals surface area contributed by atoms with Gasteiger partial charge in [-0.25, -0.2) is 9.67 Å². The predicted molar refractivity (Wildman–Crippen MR) is 138 cm³/mol. The summed E-state index contributed by atoms with van der Waals surface area (Å²) in [6, 6.07) is 15.4. The Bertz CT molecular complexity index is 1330. The maximum absolute atomic E-state index is 13.1. The van der Waals surface area contributed by atoms with Crippen molar-refractivity contribution < 1.29 is 13.2 Å². The van der Waals surface area contributed by atoms with Crippen LogP contribution in [-0.4, -0.2) is 44.8 Å². The van der Waals surface area contributed by atoms with Gasteiger partial charge in [0.15, 0.2) is 5.82 Å². The van der Waals surface area contributed by atoms with Gasteiger partial charge in [-0.1, -0.05) is 55.4 Å². The van der Waals surface area contributed by atoms with E-state index in [4.69, 9.17) is 22.3 Å². The van der Waals surface area contributed by atoms with E-state index in [2.05, 4.69) is 10.2 Å². The molecule has 36 heavy (non-hydrogen) atoms. The van der Waals surface area contributed by atoms with Crippen molar-refractivity contribution in [1.29, 1.82) is 0 Å². The third-order valence-electron chi connectivity index (χ3n) is 7.15. The largest absolute Gasteiger partial charge is 0.416 e. The average molecular weight is 511 g/mol. The molecule has 0 bridgehead atoms. The van der Waals surface area contributed by atoms with Crippen LogP contribution in [0.2, 0.25) is 0 Å². The quantitative estimate of drug-likeness (QED) is 0.450. The van der Waals surface area contributed by atoms with Crippen LogP contribution in [0, 0.1) is 0 Å². The first-order chi connectivity index (χ1) is 17.3. The summed E-state index contributed by atoms with van der Waals surface area (Å²) in [4.78, 5) is 9.80. The van der Waals surface area contributed by atoms with Crippen LogP contribution in [0.15, 0.2) is 59.6 Å². The molecule has 0 radical (unpaired) electrons. The Balaban J connectivity index is 1.45. The molecule has 3 heterocycles. The van der Waals surface area contributed by atoms with Crippen LogP contribution in [0.4, 0.5) is 30.5 Å². The van der Waals surface area contributed by atoms with E-state index in [1.54, 1.807) is 4.68 Å². The molecule has 0 amide bonds. The molecular formula is C26H25F3N6S. The lowest BCUT2D eigenvalue weighted by Gasteiger charge is -2.37. The Morgan fingerprint density at radius 1 is 1.03 bits per heavy atom. The number of hydrogen-bond donors (Lipinski definition) is 1. The molecule has 6 nitrogen and oxygen atoms in total. The molecule has 2 atom stereocenters. The van der Waals surface area contributed by atoms with Gasteiger partial charge in [-0.2, -0.15) is 18.3 Å². The number of para-hydroxylation sites is 1. The van der Waals surface area contributed by atoms with Crippen LogP contribution < -0.4 is 10.2 Å². The number of anilines is 3. The SMILES string of the molecule is CN1C(=S)c2c(nn(Cc3ccc(C(F)(F)F)cc3)c2Nc2ccccc2)N2C1=NC1CCCCC12. The maximum atomic E-state index is 13.1. The molecular weight excluding hydrogens is 485 g/mol. The van der Waals surface area contributed by atoms with Crippen molar-refractivity contribution in [2.24, 2.45) is 4.99 Å². The Kier molecular flexibility index (Phi) is 5.51. The molecule has 186 valence electrons. The molecule has 0 saturated heterocycles. The van der Waals surface area contributed by atoms with Crippen molar-refractivity contribution in [3.63, 3.8) is 0 Å². The minimum Gasteiger partial charge on any atom is -0.340 e. The molecule has 1 aliphatic carbocycles. The second-order valence-corrected chi connectivity index (χ2v) is 9.86. The average Bonchev–Trinajstić information content (AvgIpc) is 3.42. The van der Waals surface area contributed by atoms with Gasteiger partial charge in [-0.15, -0.1) is 0 Å². The number of guanidine groups is 1. The summed E-state index contributed by atoms with van der Waals surface area (Å²) in [5.41, 5.74) is 1.73. The predicted octanol–water partition coefficient (Wildman–Crippen LogP) is 5.80. The fourth-order valence-electron chi connectivity index (χ4n) is 5.35. The topological polar surface area (TPSA) is 48.7 Å². The standard InChI is InChI=1S/C26H25F3N6S/c1-33-24(36)21-22(30-18-7-3-2-4-8-18)34(15-16-11-13-17(14-12-16)26(27,28)29)32-23(21)35-20-10-6-5-9-19(20)31-25(33)35/h2-4,7-8,11-14,19-20,30H,5-6,9-10,15H2,1H3. The van der Waals surface area contributed by atoms with Gasteiger partial charge in [-0.05, 0) is 42.7 Å². The zero-order chi connectivity index (χ0) is 25.0. The van der Waals surface area contributed by atoms with Crippen LogP contribution >= 0.6 is 12.2 Å². The molecule has 3 aliphatic rings. The molecule has 3 aromatic rings. The van der Waals surface area contributed by atoms with Gasteiger partial charge in [0.25, 0.3) is 0 Å². The summed E-state index contributed by atoms with van der Waals surface area (Å²) in [6.07, 6.45) is 0.0103. The van der Waals surface area contributed by atoms with Crippen LogP contribution in [0.1, 0.15) is 42.4 Å². The number of fused-ring (bicyclic) bond motifs is 5. The van der Waals surface area contributed by atoms with Gasteiger partial charge in [0.2, 0.25) is 5.96 Å². The third kappa shape index (κ3) is 3.84. The summed E-state index contributed by atoms with van der Waals surface area (Å²) in [6.45, 7) is 0.293. The molecule has 2 aromatic carbocycles. The van der Waals surface area contributed by atoms with E-state index in [0.717, 1.165) is 60.8 Å². The van der Waals surface area contributed by atoms with Crippen molar-refractivity contribution in [2.45, 2.75) is 50.5 Å². The zero-order valence-corrected chi connectivity index (χ0v) is 20.5. The summed E-state index contributed by atoms with van der Waals surface area (Å²) >= 11 is 5.91. The van der Waals surface area contributed by atoms with E-state index in [0.29, 0.717) is 22.9 Å². The van der Waals surface area contributed by atoms with Crippen molar-refractivity contribution in [3.8, 4) is 0 Å². The monoisotopic (exact) mass is 510 g/mol. The molecule has 1 saturated carbocycles. The molecule has 1 N–H and O–H groups in total. The number of benzene rings is 2. The molecule has 2 aliphatic heterocycles. The number of rotatable bonds is 4. The number of hydrogen-bond acceptors (Lipinski definition) is 5. The third-order valence-corrected chi connectivity index (χ3v) is 7.63. The summed E-state index contributed by atoms with van der Waals surface area (Å²) in [7, 11) is 1.94. The van der Waals surface area contributed by atoms with Crippen molar-refractivity contribution >= 4 is 40.5 Å². The van der Waals surface area contributed by atoms with Crippen LogP contribution in [0.3, 0.4) is 0 Å². The van der Waals surface area contributed by atoms with Gasteiger partial charge in [-0.3, -0.25) is 4.90 Å². The highest BCUT2D eigenvalue weighted by Gasteiger charge is 2.47.